The molecule has 1 fully saturated rings. The molecular formula is C23H31N3O6. The first-order valence-electron chi connectivity index (χ1n) is 11.1. The average molecular weight is 446 g/mol. The van der Waals surface area contributed by atoms with Crippen molar-refractivity contribution in [2.75, 3.05) is 6.54 Å². The number of hydrogen-bond acceptors (Lipinski definition) is 7. The maximum Gasteiger partial charge on any atom is 0.196 e. The molecule has 1 aliphatic carbocycles. The molecule has 1 aromatic carbocycles. The number of ether oxygens (including phenoxy) is 2. The molecule has 2 heterocycles. The summed E-state index contributed by atoms with van der Waals surface area (Å²) in [6, 6.07) is 2.94. The Balaban J connectivity index is 1.76. The lowest BCUT2D eigenvalue weighted by molar-refractivity contribution is -0.0229. The van der Waals surface area contributed by atoms with Gasteiger partial charge in [0.1, 0.15) is 40.4 Å². The number of nitrogens with zero attached hydrogens (tertiary/aromatic N) is 1. The topological polar surface area (TPSA) is 154 Å². The molecular weight excluding hydrogens is 414 g/mol. The maximum absolute atomic E-state index is 13.2. The fourth-order valence-corrected chi connectivity index (χ4v) is 4.32. The molecule has 2 aliphatic rings. The van der Waals surface area contributed by atoms with Gasteiger partial charge in [-0.3, -0.25) is 9.79 Å². The van der Waals surface area contributed by atoms with E-state index in [-0.39, 0.29) is 41.8 Å². The van der Waals surface area contributed by atoms with E-state index in [2.05, 4.69) is 4.99 Å². The number of rotatable bonds is 7. The van der Waals surface area contributed by atoms with E-state index in [1.807, 2.05) is 0 Å². The molecule has 0 spiro atoms. The van der Waals surface area contributed by atoms with Gasteiger partial charge in [-0.2, -0.15) is 0 Å². The van der Waals surface area contributed by atoms with Crippen molar-refractivity contribution in [2.24, 2.45) is 16.5 Å². The predicted molar refractivity (Wildman–Crippen MR) is 120 cm³/mol. The summed E-state index contributed by atoms with van der Waals surface area (Å²) >= 11 is 0. The summed E-state index contributed by atoms with van der Waals surface area (Å²) in [5, 5.41) is 21.3. The normalized spacial score (nSPS) is 19.6. The zero-order valence-corrected chi connectivity index (χ0v) is 18.5. The van der Waals surface area contributed by atoms with Crippen LogP contribution in [0.25, 0.3) is 11.0 Å². The van der Waals surface area contributed by atoms with Crippen LogP contribution in [0.15, 0.2) is 26.3 Å². The van der Waals surface area contributed by atoms with Crippen LogP contribution in [0.4, 0.5) is 0 Å². The van der Waals surface area contributed by atoms with Gasteiger partial charge in [0, 0.05) is 37.1 Å². The molecule has 9 heteroatoms. The van der Waals surface area contributed by atoms with Crippen molar-refractivity contribution in [3.8, 4) is 11.5 Å². The minimum Gasteiger partial charge on any atom is -0.489 e. The van der Waals surface area contributed by atoms with Gasteiger partial charge < -0.3 is 35.6 Å². The third-order valence-corrected chi connectivity index (χ3v) is 6.11. The first-order chi connectivity index (χ1) is 15.1. The van der Waals surface area contributed by atoms with Crippen molar-refractivity contribution in [1.29, 1.82) is 0 Å². The van der Waals surface area contributed by atoms with Crippen molar-refractivity contribution in [1.82, 2.24) is 0 Å². The quantitative estimate of drug-likeness (QED) is 0.372. The van der Waals surface area contributed by atoms with Crippen molar-refractivity contribution in [3.63, 3.8) is 0 Å². The number of nitrogens with two attached hydrogens (primary N) is 2. The predicted octanol–water partition coefficient (Wildman–Crippen LogP) is 1.89. The Hall–Kier alpha value is -2.78. The molecule has 0 bridgehead atoms. The zero-order chi connectivity index (χ0) is 23.0. The summed E-state index contributed by atoms with van der Waals surface area (Å²) in [5.41, 5.74) is 10.3. The lowest BCUT2D eigenvalue weighted by Crippen LogP contribution is -2.39. The minimum atomic E-state index is -1.07. The fraction of sp³-hybridized carbons (Fsp3) is 0.565. The van der Waals surface area contributed by atoms with Gasteiger partial charge in [-0.25, -0.2) is 0 Å². The highest BCUT2D eigenvalue weighted by Crippen LogP contribution is 2.44. The highest BCUT2D eigenvalue weighted by Gasteiger charge is 2.38. The number of hydrogen-bond donors (Lipinski definition) is 4. The second-order valence-corrected chi connectivity index (χ2v) is 9.17. The van der Waals surface area contributed by atoms with Gasteiger partial charge in [0.25, 0.3) is 0 Å². The first kappa shape index (κ1) is 22.4. The Bertz CT molecular complexity index is 1080. The van der Waals surface area contributed by atoms with Crippen molar-refractivity contribution in [2.45, 2.75) is 76.3 Å². The Morgan fingerprint density at radius 2 is 2.03 bits per heavy atom. The van der Waals surface area contributed by atoms with Crippen molar-refractivity contribution < 1.29 is 24.1 Å². The van der Waals surface area contributed by atoms with Gasteiger partial charge >= 0.3 is 0 Å². The lowest BCUT2D eigenvalue weighted by atomic mass is 9.96. The summed E-state index contributed by atoms with van der Waals surface area (Å²) < 4.78 is 18.3. The second kappa shape index (κ2) is 8.63. The molecule has 2 aromatic rings. The second-order valence-electron chi connectivity index (χ2n) is 9.17. The van der Waals surface area contributed by atoms with E-state index in [0.29, 0.717) is 23.3 Å². The van der Waals surface area contributed by atoms with Gasteiger partial charge in [-0.15, -0.1) is 0 Å². The molecule has 9 nitrogen and oxygen atoms in total. The van der Waals surface area contributed by atoms with E-state index in [1.165, 1.54) is 6.07 Å². The molecule has 32 heavy (non-hydrogen) atoms. The molecule has 1 aromatic heterocycles. The van der Waals surface area contributed by atoms with Crippen LogP contribution in [0.2, 0.25) is 0 Å². The molecule has 0 saturated heterocycles. The number of fused-ring (bicyclic) bond motifs is 2. The number of guanidine groups is 1. The van der Waals surface area contributed by atoms with Crippen LogP contribution in [0.5, 0.6) is 11.5 Å². The van der Waals surface area contributed by atoms with E-state index in [4.69, 9.17) is 25.4 Å². The summed E-state index contributed by atoms with van der Waals surface area (Å²) in [6.07, 6.45) is 3.14. The highest BCUT2D eigenvalue weighted by molar-refractivity contribution is 5.87. The van der Waals surface area contributed by atoms with Crippen LogP contribution >= 0.6 is 0 Å². The van der Waals surface area contributed by atoms with Gasteiger partial charge in [0.05, 0.1) is 11.7 Å². The number of aliphatic imine (C=N–C) groups is 1. The molecule has 2 unspecified atom stereocenters. The highest BCUT2D eigenvalue weighted by atomic mass is 16.5. The van der Waals surface area contributed by atoms with Gasteiger partial charge in [-0.05, 0) is 39.5 Å². The smallest absolute Gasteiger partial charge is 0.196 e. The standard InChI is InChI=1S/C23H31N3O6/c1-23(2,29)19-9-13-16(32-19)11-18-20(21(13)30-12-5-3-4-6-12)15(28)10-17(31-18)14(27)7-8-26-22(24)25/h10-12,14,19,27,29H,3-9H2,1-2H3,(H4,24,25,26). The summed E-state index contributed by atoms with van der Waals surface area (Å²) in [5.74, 6) is 1.04. The summed E-state index contributed by atoms with van der Waals surface area (Å²) in [4.78, 5) is 17.0. The zero-order valence-electron chi connectivity index (χ0n) is 18.5. The third kappa shape index (κ3) is 4.54. The molecule has 174 valence electrons. The van der Waals surface area contributed by atoms with Crippen molar-refractivity contribution in [3.05, 3.63) is 33.7 Å². The maximum atomic E-state index is 13.2. The van der Waals surface area contributed by atoms with E-state index in [0.717, 1.165) is 31.2 Å². The Morgan fingerprint density at radius 3 is 2.69 bits per heavy atom. The monoisotopic (exact) mass is 445 g/mol. The molecule has 0 radical (unpaired) electrons. The van der Waals surface area contributed by atoms with E-state index in [1.54, 1.807) is 19.9 Å². The first-order valence-corrected chi connectivity index (χ1v) is 11.1. The van der Waals surface area contributed by atoms with Gasteiger partial charge in [0.2, 0.25) is 0 Å². The SMILES string of the molecule is CC(C)(O)C1Cc2c(cc3oc(C(O)CCN=C(N)N)cc(=O)c3c2OC2CCCC2)O1. The summed E-state index contributed by atoms with van der Waals surface area (Å²) in [6.45, 7) is 3.58. The number of aliphatic hydroxyl groups excluding tert-OH is 1. The van der Waals surface area contributed by atoms with Crippen LogP contribution in [0, 0.1) is 0 Å². The van der Waals surface area contributed by atoms with Gasteiger partial charge in [-0.1, -0.05) is 0 Å². The number of aliphatic hydroxyl groups is 2. The van der Waals surface area contributed by atoms with Crippen LogP contribution in [-0.4, -0.2) is 40.5 Å². The molecule has 2 atom stereocenters. The molecule has 6 N–H and O–H groups in total. The number of benzene rings is 1. The van der Waals surface area contributed by atoms with E-state index >= 15 is 0 Å². The van der Waals surface area contributed by atoms with E-state index < -0.39 is 17.8 Å². The Morgan fingerprint density at radius 1 is 1.31 bits per heavy atom. The van der Waals surface area contributed by atoms with Crippen LogP contribution in [0.1, 0.15) is 63.4 Å². The lowest BCUT2D eigenvalue weighted by Gasteiger charge is -2.24. The van der Waals surface area contributed by atoms with Crippen molar-refractivity contribution >= 4 is 16.9 Å². The fourth-order valence-electron chi connectivity index (χ4n) is 4.32. The average Bonchev–Trinajstić information content (AvgIpc) is 3.36. The molecule has 1 aliphatic heterocycles. The van der Waals surface area contributed by atoms with E-state index in [9.17, 15) is 15.0 Å². The third-order valence-electron chi connectivity index (χ3n) is 6.11. The molecule has 0 amide bonds. The molecule has 4 rings (SSSR count). The summed E-state index contributed by atoms with van der Waals surface area (Å²) in [7, 11) is 0. The Kier molecular flexibility index (Phi) is 6.05. The van der Waals surface area contributed by atoms with Crippen LogP contribution in [0.3, 0.4) is 0 Å². The molecule has 1 saturated carbocycles. The van der Waals surface area contributed by atoms with Gasteiger partial charge in [0.15, 0.2) is 11.4 Å². The van der Waals surface area contributed by atoms with Crippen LogP contribution in [-0.2, 0) is 6.42 Å². The largest absolute Gasteiger partial charge is 0.489 e. The van der Waals surface area contributed by atoms with Crippen LogP contribution < -0.4 is 26.4 Å². The Labute approximate surface area is 186 Å². The minimum absolute atomic E-state index is 0.0233.